The number of Topliss-reactive ketones (excluding diaryl/α,β-unsaturated/α-hetero) is 1. The minimum atomic E-state index is -0.302. The third-order valence-electron chi connectivity index (χ3n) is 4.07. The molecule has 0 saturated heterocycles. The number of amides is 2. The number of ketones is 1. The van der Waals surface area contributed by atoms with Crippen molar-refractivity contribution >= 4 is 40.7 Å². The smallest absolute Gasteiger partial charge is 0.237 e. The summed E-state index contributed by atoms with van der Waals surface area (Å²) < 4.78 is 0. The Morgan fingerprint density at radius 1 is 0.897 bits per heavy atom. The zero-order chi connectivity index (χ0) is 21.6. The molecule has 0 bridgehead atoms. The maximum atomic E-state index is 12.4. The summed E-state index contributed by atoms with van der Waals surface area (Å²) in [7, 11) is 0. The van der Waals surface area contributed by atoms with E-state index in [-0.39, 0.29) is 28.3 Å². The van der Waals surface area contributed by atoms with E-state index in [1.165, 1.54) is 18.7 Å². The zero-order valence-corrected chi connectivity index (χ0v) is 18.4. The van der Waals surface area contributed by atoms with Gasteiger partial charge in [-0.1, -0.05) is 20.8 Å². The first-order valence-corrected chi connectivity index (χ1v) is 10.4. The molecule has 2 rings (SSSR count). The summed E-state index contributed by atoms with van der Waals surface area (Å²) in [5, 5.41) is 5.45. The van der Waals surface area contributed by atoms with Crippen molar-refractivity contribution < 1.29 is 14.4 Å². The molecule has 2 N–H and O–H groups in total. The van der Waals surface area contributed by atoms with Crippen LogP contribution in [-0.2, 0) is 9.59 Å². The Morgan fingerprint density at radius 2 is 1.41 bits per heavy atom. The number of anilines is 2. The minimum Gasteiger partial charge on any atom is -0.326 e. The van der Waals surface area contributed by atoms with Crippen LogP contribution in [0.5, 0.6) is 0 Å². The van der Waals surface area contributed by atoms with Crippen LogP contribution >= 0.6 is 11.8 Å². The van der Waals surface area contributed by atoms with E-state index < -0.39 is 0 Å². The van der Waals surface area contributed by atoms with Gasteiger partial charge in [-0.3, -0.25) is 14.4 Å². The minimum absolute atomic E-state index is 0.00940. The van der Waals surface area contributed by atoms with Gasteiger partial charge in [-0.2, -0.15) is 0 Å². The lowest BCUT2D eigenvalue weighted by Gasteiger charge is -2.17. The highest BCUT2D eigenvalue weighted by atomic mass is 32.2. The topological polar surface area (TPSA) is 75.3 Å². The first-order chi connectivity index (χ1) is 13.5. The summed E-state index contributed by atoms with van der Waals surface area (Å²) in [6.45, 7) is 9.42. The van der Waals surface area contributed by atoms with Crippen molar-refractivity contribution in [3.05, 3.63) is 54.1 Å². The SMILES string of the molecule is CC(=O)c1ccc(NC(=O)C(C)Sc2ccc(NC(=O)CC(C)(C)C)cc2)cc1. The van der Waals surface area contributed by atoms with Crippen LogP contribution in [0.15, 0.2) is 53.4 Å². The molecule has 5 nitrogen and oxygen atoms in total. The first kappa shape index (κ1) is 22.7. The molecule has 0 aliphatic heterocycles. The number of hydrogen-bond donors (Lipinski definition) is 2. The molecule has 0 aromatic heterocycles. The fourth-order valence-corrected chi connectivity index (χ4v) is 3.46. The number of benzene rings is 2. The van der Waals surface area contributed by atoms with Gasteiger partial charge in [0.2, 0.25) is 11.8 Å². The molecule has 0 fully saturated rings. The van der Waals surface area contributed by atoms with Crippen LogP contribution in [0.3, 0.4) is 0 Å². The van der Waals surface area contributed by atoms with Gasteiger partial charge < -0.3 is 10.6 Å². The number of rotatable bonds is 7. The van der Waals surface area contributed by atoms with Crippen molar-refractivity contribution in [1.82, 2.24) is 0 Å². The van der Waals surface area contributed by atoms with Gasteiger partial charge in [-0.05, 0) is 67.8 Å². The van der Waals surface area contributed by atoms with Crippen molar-refractivity contribution in [3.63, 3.8) is 0 Å². The molecule has 0 spiro atoms. The Hall–Kier alpha value is -2.60. The van der Waals surface area contributed by atoms with Crippen LogP contribution in [0, 0.1) is 5.41 Å². The molecule has 154 valence electrons. The van der Waals surface area contributed by atoms with Crippen molar-refractivity contribution in [2.24, 2.45) is 5.41 Å². The maximum Gasteiger partial charge on any atom is 0.237 e. The molecule has 1 unspecified atom stereocenters. The molecule has 0 saturated carbocycles. The average Bonchev–Trinajstić information content (AvgIpc) is 2.62. The standard InChI is InChI=1S/C23H28N2O3S/c1-15(26)17-6-8-19(9-7-17)25-22(28)16(2)29-20-12-10-18(11-13-20)24-21(27)14-23(3,4)5/h6-13,16H,14H2,1-5H3,(H,24,27)(H,25,28). The van der Waals surface area contributed by atoms with Gasteiger partial charge in [-0.25, -0.2) is 0 Å². The molecule has 2 amide bonds. The summed E-state index contributed by atoms with van der Waals surface area (Å²) in [5.41, 5.74) is 1.95. The van der Waals surface area contributed by atoms with Crippen LogP contribution in [0.1, 0.15) is 51.4 Å². The molecular formula is C23H28N2O3S. The van der Waals surface area contributed by atoms with Crippen LogP contribution in [0.4, 0.5) is 11.4 Å². The van der Waals surface area contributed by atoms with Crippen LogP contribution in [0.25, 0.3) is 0 Å². The zero-order valence-electron chi connectivity index (χ0n) is 17.5. The van der Waals surface area contributed by atoms with E-state index in [0.717, 1.165) is 10.6 Å². The van der Waals surface area contributed by atoms with Crippen molar-refractivity contribution in [3.8, 4) is 0 Å². The highest BCUT2D eigenvalue weighted by Gasteiger charge is 2.17. The molecular weight excluding hydrogens is 384 g/mol. The third-order valence-corrected chi connectivity index (χ3v) is 5.18. The summed E-state index contributed by atoms with van der Waals surface area (Å²) in [5.74, 6) is -0.139. The Labute approximate surface area is 176 Å². The van der Waals surface area contributed by atoms with E-state index in [4.69, 9.17) is 0 Å². The third kappa shape index (κ3) is 7.74. The van der Waals surface area contributed by atoms with Crippen molar-refractivity contribution in [2.45, 2.75) is 51.2 Å². The monoisotopic (exact) mass is 412 g/mol. The Balaban J connectivity index is 1.89. The summed E-state index contributed by atoms with van der Waals surface area (Å²) in [6, 6.07) is 14.3. The lowest BCUT2D eigenvalue weighted by atomic mass is 9.92. The number of carbonyl (C=O) groups is 3. The first-order valence-electron chi connectivity index (χ1n) is 9.52. The summed E-state index contributed by atoms with van der Waals surface area (Å²) in [6.07, 6.45) is 0.452. The highest BCUT2D eigenvalue weighted by Crippen LogP contribution is 2.26. The fourth-order valence-electron chi connectivity index (χ4n) is 2.59. The fraction of sp³-hybridized carbons (Fsp3) is 0.348. The van der Waals surface area contributed by atoms with Crippen molar-refractivity contribution in [2.75, 3.05) is 10.6 Å². The summed E-state index contributed by atoms with van der Waals surface area (Å²) in [4.78, 5) is 36.7. The van der Waals surface area contributed by atoms with E-state index >= 15 is 0 Å². The van der Waals surface area contributed by atoms with E-state index in [1.54, 1.807) is 24.3 Å². The lowest BCUT2D eigenvalue weighted by molar-refractivity contribution is -0.118. The Morgan fingerprint density at radius 3 is 1.93 bits per heavy atom. The average molecular weight is 413 g/mol. The molecule has 29 heavy (non-hydrogen) atoms. The molecule has 2 aromatic carbocycles. The number of carbonyl (C=O) groups excluding carboxylic acids is 3. The Bertz CT molecular complexity index is 868. The normalized spacial score (nSPS) is 12.2. The molecule has 0 radical (unpaired) electrons. The molecule has 0 aliphatic carbocycles. The predicted octanol–water partition coefficient (Wildman–Crippen LogP) is 5.38. The van der Waals surface area contributed by atoms with E-state index in [9.17, 15) is 14.4 Å². The molecule has 2 aromatic rings. The largest absolute Gasteiger partial charge is 0.326 e. The maximum absolute atomic E-state index is 12.4. The van der Waals surface area contributed by atoms with E-state index in [0.29, 0.717) is 17.7 Å². The van der Waals surface area contributed by atoms with Gasteiger partial charge in [-0.15, -0.1) is 11.8 Å². The van der Waals surface area contributed by atoms with Gasteiger partial charge in [0, 0.05) is 28.3 Å². The quantitative estimate of drug-likeness (QED) is 0.473. The highest BCUT2D eigenvalue weighted by molar-refractivity contribution is 8.00. The molecule has 6 heteroatoms. The lowest BCUT2D eigenvalue weighted by Crippen LogP contribution is -2.22. The van der Waals surface area contributed by atoms with Gasteiger partial charge in [0.05, 0.1) is 5.25 Å². The number of thioether (sulfide) groups is 1. The second-order valence-electron chi connectivity index (χ2n) is 8.19. The predicted molar refractivity (Wildman–Crippen MR) is 120 cm³/mol. The van der Waals surface area contributed by atoms with Gasteiger partial charge in [0.1, 0.15) is 0 Å². The van der Waals surface area contributed by atoms with Crippen molar-refractivity contribution in [1.29, 1.82) is 0 Å². The molecule has 0 aliphatic rings. The van der Waals surface area contributed by atoms with Gasteiger partial charge >= 0.3 is 0 Å². The number of nitrogens with one attached hydrogen (secondary N) is 2. The molecule has 1 atom stereocenters. The molecule has 0 heterocycles. The van der Waals surface area contributed by atoms with Gasteiger partial charge in [0.25, 0.3) is 0 Å². The van der Waals surface area contributed by atoms with E-state index in [2.05, 4.69) is 10.6 Å². The Kier molecular flexibility index (Phi) is 7.62. The van der Waals surface area contributed by atoms with E-state index in [1.807, 2.05) is 52.0 Å². The van der Waals surface area contributed by atoms with Crippen LogP contribution in [0.2, 0.25) is 0 Å². The summed E-state index contributed by atoms with van der Waals surface area (Å²) >= 11 is 1.44. The second-order valence-corrected chi connectivity index (χ2v) is 9.61. The van der Waals surface area contributed by atoms with Crippen LogP contribution < -0.4 is 10.6 Å². The van der Waals surface area contributed by atoms with Gasteiger partial charge in [0.15, 0.2) is 5.78 Å². The number of hydrogen-bond acceptors (Lipinski definition) is 4. The second kappa shape index (κ2) is 9.74. The van der Waals surface area contributed by atoms with Crippen LogP contribution in [-0.4, -0.2) is 22.8 Å².